The molecule has 5 saturated carbocycles. The first-order chi connectivity index (χ1) is 23.3. The molecule has 5 N–H and O–H groups in total. The van der Waals surface area contributed by atoms with Crippen LogP contribution in [0.15, 0.2) is 12.2 Å². The fourth-order valence-corrected chi connectivity index (χ4v) is 13.6. The standard InChI is InChI=1S/C39H63NO10/c1-21(2)22-11-16-39(34(46)47)18-17-37(6)23(29(22)39)9-10-26-36(5)14-13-27(35(3,4)25(36)12-15-38(26,37)7)50-28(42)19-40(48-8)33-32(45)31(44)30(43)24(20-41)49-33/h22-27,29-33,41,43-45H,1,9-20H2,2-8H3,(H,46,47)/t22-,23?,24-,25?,26?,27-,29?,30-,31-,32-,33-,36-,37+,38+,39-/m0/s1. The van der Waals surface area contributed by atoms with Crippen LogP contribution in [0.1, 0.15) is 106 Å². The molecule has 0 radical (unpaired) electrons. The number of rotatable bonds is 8. The summed E-state index contributed by atoms with van der Waals surface area (Å²) in [5.41, 5.74) is 0.327. The first-order valence-corrected chi connectivity index (χ1v) is 19.0. The van der Waals surface area contributed by atoms with Crippen molar-refractivity contribution in [2.24, 2.45) is 56.7 Å². The van der Waals surface area contributed by atoms with Crippen LogP contribution in [-0.4, -0.2) is 99.5 Å². The Morgan fingerprint density at radius 3 is 2.18 bits per heavy atom. The lowest BCUT2D eigenvalue weighted by atomic mass is 9.32. The van der Waals surface area contributed by atoms with Crippen molar-refractivity contribution in [1.29, 1.82) is 0 Å². The molecule has 15 atom stereocenters. The molecule has 1 saturated heterocycles. The van der Waals surface area contributed by atoms with Gasteiger partial charge < -0.3 is 35.0 Å². The molecule has 1 heterocycles. The summed E-state index contributed by atoms with van der Waals surface area (Å²) in [6, 6.07) is 0. The third-order valence-corrected chi connectivity index (χ3v) is 16.4. The molecule has 6 fully saturated rings. The number of nitrogens with zero attached hydrogens (tertiary/aromatic N) is 1. The molecule has 11 nitrogen and oxygen atoms in total. The number of aliphatic hydroxyl groups excluding tert-OH is 4. The van der Waals surface area contributed by atoms with Gasteiger partial charge in [0, 0.05) is 5.41 Å². The normalized spacial score (nSPS) is 49.6. The van der Waals surface area contributed by atoms with Gasteiger partial charge in [0.1, 0.15) is 37.1 Å². The highest BCUT2D eigenvalue weighted by atomic mass is 16.7. The molecule has 1 aliphatic heterocycles. The molecular weight excluding hydrogens is 642 g/mol. The minimum Gasteiger partial charge on any atom is -0.481 e. The molecule has 284 valence electrons. The van der Waals surface area contributed by atoms with Crippen LogP contribution >= 0.6 is 0 Å². The summed E-state index contributed by atoms with van der Waals surface area (Å²) in [6.07, 6.45) is 1.79. The SMILES string of the molecule is C=C(C)[C@@H]1CC[C@]2(C(=O)O)CC[C@]3(C)C(CCC4[C@@]5(C)CC[C@H](OC(=O)CN(OC)[C@H]6O[C@@H](CO)[C@H](O)[C@H](O)[C@@H]6O)C(C)(C)C5CC[C@]43C)C12. The number of hydrogen-bond donors (Lipinski definition) is 5. The smallest absolute Gasteiger partial charge is 0.323 e. The van der Waals surface area contributed by atoms with Gasteiger partial charge in [-0.1, -0.05) is 46.8 Å². The average Bonchev–Trinajstić information content (AvgIpc) is 3.46. The van der Waals surface area contributed by atoms with E-state index in [1.165, 1.54) is 7.11 Å². The van der Waals surface area contributed by atoms with Crippen molar-refractivity contribution in [1.82, 2.24) is 5.06 Å². The number of aliphatic carboxylic acids is 1. The van der Waals surface area contributed by atoms with Crippen LogP contribution in [-0.2, 0) is 23.9 Å². The Balaban J connectivity index is 1.19. The van der Waals surface area contributed by atoms with Gasteiger partial charge in [-0.3, -0.25) is 14.4 Å². The fraction of sp³-hybridized carbons (Fsp3) is 0.897. The van der Waals surface area contributed by atoms with Gasteiger partial charge in [0.2, 0.25) is 0 Å². The van der Waals surface area contributed by atoms with Crippen LogP contribution in [0.5, 0.6) is 0 Å². The quantitative estimate of drug-likeness (QED) is 0.139. The summed E-state index contributed by atoms with van der Waals surface area (Å²) in [5.74, 6) is 0.404. The molecule has 0 bridgehead atoms. The number of carbonyl (C=O) groups is 2. The summed E-state index contributed by atoms with van der Waals surface area (Å²) in [5, 5.41) is 52.4. The van der Waals surface area contributed by atoms with Crippen molar-refractivity contribution in [3.05, 3.63) is 12.2 Å². The lowest BCUT2D eigenvalue weighted by Gasteiger charge is -2.72. The molecule has 0 amide bonds. The molecular formula is C39H63NO10. The molecule has 0 aromatic carbocycles. The predicted molar refractivity (Wildman–Crippen MR) is 184 cm³/mol. The highest BCUT2D eigenvalue weighted by Gasteiger charge is 2.72. The van der Waals surface area contributed by atoms with E-state index in [0.717, 1.165) is 68.4 Å². The monoisotopic (exact) mass is 705 g/mol. The fourth-order valence-electron chi connectivity index (χ4n) is 13.6. The van der Waals surface area contributed by atoms with Crippen molar-refractivity contribution in [3.63, 3.8) is 0 Å². The van der Waals surface area contributed by atoms with Crippen molar-refractivity contribution in [2.75, 3.05) is 20.3 Å². The van der Waals surface area contributed by atoms with Crippen LogP contribution in [0.3, 0.4) is 0 Å². The van der Waals surface area contributed by atoms with Gasteiger partial charge in [-0.2, -0.15) is 0 Å². The Labute approximate surface area is 297 Å². The van der Waals surface area contributed by atoms with Crippen LogP contribution < -0.4 is 0 Å². The third-order valence-electron chi connectivity index (χ3n) is 16.4. The lowest BCUT2D eigenvalue weighted by molar-refractivity contribution is -0.327. The summed E-state index contributed by atoms with van der Waals surface area (Å²) in [6.45, 7) is 17.5. The zero-order valence-corrected chi connectivity index (χ0v) is 31.3. The number of aliphatic hydroxyl groups is 4. The number of carbonyl (C=O) groups excluding carboxylic acids is 1. The molecule has 0 aromatic rings. The minimum absolute atomic E-state index is 0.0348. The second-order valence-electron chi connectivity index (χ2n) is 18.5. The van der Waals surface area contributed by atoms with Crippen LogP contribution in [0.2, 0.25) is 0 Å². The number of hydrogen-bond acceptors (Lipinski definition) is 10. The Morgan fingerprint density at radius 1 is 0.860 bits per heavy atom. The van der Waals surface area contributed by atoms with Gasteiger partial charge in [-0.05, 0) is 117 Å². The molecule has 0 aromatic heterocycles. The zero-order chi connectivity index (χ0) is 36.8. The molecule has 5 aliphatic carbocycles. The molecule has 4 unspecified atom stereocenters. The second kappa shape index (κ2) is 13.1. The number of carboxylic acids is 1. The Morgan fingerprint density at radius 2 is 1.56 bits per heavy atom. The van der Waals surface area contributed by atoms with Gasteiger partial charge in [0.15, 0.2) is 6.23 Å². The van der Waals surface area contributed by atoms with E-state index in [0.29, 0.717) is 24.2 Å². The number of fused-ring (bicyclic) bond motifs is 7. The van der Waals surface area contributed by atoms with E-state index in [2.05, 4.69) is 48.1 Å². The van der Waals surface area contributed by atoms with Gasteiger partial charge in [-0.15, -0.1) is 5.06 Å². The van der Waals surface area contributed by atoms with E-state index in [9.17, 15) is 35.1 Å². The molecule has 6 rings (SSSR count). The predicted octanol–water partition coefficient (Wildman–Crippen LogP) is 4.30. The van der Waals surface area contributed by atoms with E-state index < -0.39 is 54.6 Å². The van der Waals surface area contributed by atoms with E-state index >= 15 is 0 Å². The largest absolute Gasteiger partial charge is 0.481 e. The number of ether oxygens (including phenoxy) is 2. The van der Waals surface area contributed by atoms with Gasteiger partial charge in [-0.25, -0.2) is 0 Å². The number of allylic oxidation sites excluding steroid dienone is 1. The maximum Gasteiger partial charge on any atom is 0.323 e. The molecule has 11 heteroatoms. The average molecular weight is 706 g/mol. The number of esters is 1. The lowest BCUT2D eigenvalue weighted by Crippen LogP contribution is -2.67. The van der Waals surface area contributed by atoms with E-state index in [4.69, 9.17) is 14.3 Å². The highest BCUT2D eigenvalue weighted by Crippen LogP contribution is 2.77. The van der Waals surface area contributed by atoms with Gasteiger partial charge >= 0.3 is 11.9 Å². The van der Waals surface area contributed by atoms with Crippen LogP contribution in [0.4, 0.5) is 0 Å². The van der Waals surface area contributed by atoms with Crippen LogP contribution in [0, 0.1) is 56.7 Å². The summed E-state index contributed by atoms with van der Waals surface area (Å²) >= 11 is 0. The maximum absolute atomic E-state index is 13.5. The summed E-state index contributed by atoms with van der Waals surface area (Å²) in [7, 11) is 1.32. The van der Waals surface area contributed by atoms with E-state index in [1.54, 1.807) is 0 Å². The van der Waals surface area contributed by atoms with Crippen LogP contribution in [0.25, 0.3) is 0 Å². The first-order valence-electron chi connectivity index (χ1n) is 19.0. The van der Waals surface area contributed by atoms with Gasteiger partial charge in [0.05, 0.1) is 19.1 Å². The Hall–Kier alpha value is -1.60. The topological polar surface area (TPSA) is 166 Å². The minimum atomic E-state index is -1.59. The Kier molecular flexibility index (Phi) is 9.96. The zero-order valence-electron chi connectivity index (χ0n) is 31.3. The molecule has 50 heavy (non-hydrogen) atoms. The summed E-state index contributed by atoms with van der Waals surface area (Å²) < 4.78 is 11.8. The molecule has 6 aliphatic rings. The maximum atomic E-state index is 13.5. The molecule has 0 spiro atoms. The van der Waals surface area contributed by atoms with E-state index in [1.807, 2.05) is 0 Å². The first kappa shape index (κ1) is 38.1. The highest BCUT2D eigenvalue weighted by molar-refractivity contribution is 5.76. The number of carboxylic acid groups (broad SMARTS) is 1. The van der Waals surface area contributed by atoms with Crippen molar-refractivity contribution < 1.29 is 49.4 Å². The van der Waals surface area contributed by atoms with Crippen molar-refractivity contribution in [2.45, 2.75) is 142 Å². The third kappa shape index (κ3) is 5.37. The second-order valence-corrected chi connectivity index (χ2v) is 18.5. The Bertz CT molecular complexity index is 1340. The van der Waals surface area contributed by atoms with E-state index in [-0.39, 0.29) is 46.1 Å². The summed E-state index contributed by atoms with van der Waals surface area (Å²) in [4.78, 5) is 31.8. The van der Waals surface area contributed by atoms with Gasteiger partial charge in [0.25, 0.3) is 0 Å². The van der Waals surface area contributed by atoms with Crippen molar-refractivity contribution >= 4 is 11.9 Å². The van der Waals surface area contributed by atoms with Crippen molar-refractivity contribution in [3.8, 4) is 0 Å². The number of hydroxylamine groups is 2.